The number of hydrogen-bond donors (Lipinski definition) is 2. The Hall–Kier alpha value is -2.29. The van der Waals surface area contributed by atoms with Gasteiger partial charge in [0.15, 0.2) is 5.96 Å². The Kier molecular flexibility index (Phi) is 5.66. The van der Waals surface area contributed by atoms with E-state index >= 15 is 0 Å². The average molecular weight is 358 g/mol. The highest BCUT2D eigenvalue weighted by Crippen LogP contribution is 2.22. The van der Waals surface area contributed by atoms with Crippen LogP contribution >= 0.6 is 11.3 Å². The summed E-state index contributed by atoms with van der Waals surface area (Å²) in [6, 6.07) is 5.50. The SMILES string of the molecule is Cc1nc(C)c(CNC(N)=NCc2ccc(OC(F)(F)F)cc2)s1. The molecule has 3 N–H and O–H groups in total. The van der Waals surface area contributed by atoms with Gasteiger partial charge in [-0.3, -0.25) is 0 Å². The zero-order chi connectivity index (χ0) is 17.7. The van der Waals surface area contributed by atoms with Gasteiger partial charge in [-0.05, 0) is 31.5 Å². The first-order chi connectivity index (χ1) is 11.2. The highest BCUT2D eigenvalue weighted by molar-refractivity contribution is 7.11. The predicted molar refractivity (Wildman–Crippen MR) is 86.9 cm³/mol. The number of aliphatic imine (C=N–C) groups is 1. The van der Waals surface area contributed by atoms with E-state index < -0.39 is 6.36 Å². The van der Waals surface area contributed by atoms with Gasteiger partial charge in [0.25, 0.3) is 0 Å². The predicted octanol–water partition coefficient (Wildman–Crippen LogP) is 3.26. The van der Waals surface area contributed by atoms with Crippen LogP contribution in [0.3, 0.4) is 0 Å². The van der Waals surface area contributed by atoms with E-state index in [1.165, 1.54) is 24.3 Å². The Morgan fingerprint density at radius 2 is 1.96 bits per heavy atom. The van der Waals surface area contributed by atoms with Crippen LogP contribution in [-0.2, 0) is 13.1 Å². The molecule has 1 heterocycles. The summed E-state index contributed by atoms with van der Waals surface area (Å²) in [4.78, 5) is 9.56. The number of nitrogens with one attached hydrogen (secondary N) is 1. The number of ether oxygens (including phenoxy) is 1. The fraction of sp³-hybridized carbons (Fsp3) is 0.333. The van der Waals surface area contributed by atoms with E-state index in [4.69, 9.17) is 5.73 Å². The van der Waals surface area contributed by atoms with Gasteiger partial charge < -0.3 is 15.8 Å². The summed E-state index contributed by atoms with van der Waals surface area (Å²) in [7, 11) is 0. The highest BCUT2D eigenvalue weighted by Gasteiger charge is 2.30. The van der Waals surface area contributed by atoms with Crippen LogP contribution in [0, 0.1) is 13.8 Å². The molecule has 24 heavy (non-hydrogen) atoms. The first kappa shape index (κ1) is 18.1. The van der Waals surface area contributed by atoms with Gasteiger partial charge >= 0.3 is 6.36 Å². The maximum Gasteiger partial charge on any atom is 0.573 e. The number of nitrogens with two attached hydrogens (primary N) is 1. The van der Waals surface area contributed by atoms with Crippen LogP contribution in [-0.4, -0.2) is 17.3 Å². The molecule has 0 fully saturated rings. The Morgan fingerprint density at radius 1 is 1.29 bits per heavy atom. The topological polar surface area (TPSA) is 72.5 Å². The van der Waals surface area contributed by atoms with E-state index in [0.717, 1.165) is 21.1 Å². The lowest BCUT2D eigenvalue weighted by atomic mass is 10.2. The van der Waals surface area contributed by atoms with E-state index in [-0.39, 0.29) is 18.3 Å². The minimum absolute atomic E-state index is 0.256. The number of guanidine groups is 1. The molecule has 2 aromatic rings. The van der Waals surface area contributed by atoms with E-state index in [1.54, 1.807) is 11.3 Å². The van der Waals surface area contributed by atoms with Gasteiger partial charge in [0.2, 0.25) is 0 Å². The monoisotopic (exact) mass is 358 g/mol. The summed E-state index contributed by atoms with van der Waals surface area (Å²) in [6.45, 7) is 4.65. The lowest BCUT2D eigenvalue weighted by molar-refractivity contribution is -0.274. The van der Waals surface area contributed by atoms with Crippen molar-refractivity contribution in [2.45, 2.75) is 33.3 Å². The zero-order valence-corrected chi connectivity index (χ0v) is 14.0. The van der Waals surface area contributed by atoms with E-state index in [2.05, 4.69) is 20.0 Å². The number of benzene rings is 1. The third kappa shape index (κ3) is 5.73. The smallest absolute Gasteiger partial charge is 0.406 e. The third-order valence-electron chi connectivity index (χ3n) is 3.02. The van der Waals surface area contributed by atoms with E-state index in [1.807, 2.05) is 13.8 Å². The van der Waals surface area contributed by atoms with Crippen molar-refractivity contribution in [1.29, 1.82) is 0 Å². The molecule has 0 aliphatic rings. The minimum atomic E-state index is -4.69. The Morgan fingerprint density at radius 3 is 2.50 bits per heavy atom. The molecule has 5 nitrogen and oxygen atoms in total. The molecular weight excluding hydrogens is 341 g/mol. The van der Waals surface area contributed by atoms with Crippen molar-refractivity contribution in [3.05, 3.63) is 45.4 Å². The molecule has 0 aliphatic carbocycles. The van der Waals surface area contributed by atoms with Gasteiger partial charge in [0, 0.05) is 4.88 Å². The molecule has 1 aromatic heterocycles. The van der Waals surface area contributed by atoms with Crippen molar-refractivity contribution >= 4 is 17.3 Å². The maximum atomic E-state index is 12.1. The highest BCUT2D eigenvalue weighted by atomic mass is 32.1. The number of aryl methyl sites for hydroxylation is 2. The van der Waals surface area contributed by atoms with Crippen LogP contribution in [0.4, 0.5) is 13.2 Å². The van der Waals surface area contributed by atoms with Gasteiger partial charge in [-0.25, -0.2) is 9.98 Å². The summed E-state index contributed by atoms with van der Waals surface area (Å²) in [5.41, 5.74) is 7.47. The molecular formula is C15H17F3N4OS. The summed E-state index contributed by atoms with van der Waals surface area (Å²) in [5.74, 6) is -0.00608. The van der Waals surface area contributed by atoms with Crippen LogP contribution in [0.1, 0.15) is 21.1 Å². The minimum Gasteiger partial charge on any atom is -0.406 e. The number of halogens is 3. The third-order valence-corrected chi connectivity index (χ3v) is 4.09. The molecule has 0 saturated heterocycles. The van der Waals surface area contributed by atoms with Gasteiger partial charge in [-0.2, -0.15) is 0 Å². The molecule has 0 amide bonds. The normalized spacial score (nSPS) is 12.3. The van der Waals surface area contributed by atoms with Gasteiger partial charge in [0.05, 0.1) is 23.8 Å². The molecule has 0 unspecified atom stereocenters. The van der Waals surface area contributed by atoms with Crippen molar-refractivity contribution in [2.24, 2.45) is 10.7 Å². The number of nitrogens with zero attached hydrogens (tertiary/aromatic N) is 2. The molecule has 0 atom stereocenters. The molecule has 0 spiro atoms. The maximum absolute atomic E-state index is 12.1. The summed E-state index contributed by atoms with van der Waals surface area (Å²) in [5, 5.41) is 3.98. The molecule has 9 heteroatoms. The number of aromatic nitrogens is 1. The number of rotatable bonds is 5. The Bertz CT molecular complexity index is 710. The number of alkyl halides is 3. The van der Waals surface area contributed by atoms with Crippen LogP contribution in [0.2, 0.25) is 0 Å². The molecule has 2 rings (SSSR count). The first-order valence-corrected chi connectivity index (χ1v) is 7.86. The van der Waals surface area contributed by atoms with E-state index in [0.29, 0.717) is 6.54 Å². The van der Waals surface area contributed by atoms with Gasteiger partial charge in [-0.1, -0.05) is 12.1 Å². The van der Waals surface area contributed by atoms with Crippen LogP contribution in [0.15, 0.2) is 29.3 Å². The lowest BCUT2D eigenvalue weighted by Gasteiger charge is -2.09. The number of thiazole rings is 1. The standard InChI is InChI=1S/C15H17F3N4OS/c1-9-13(24-10(2)22-9)8-21-14(19)20-7-11-3-5-12(6-4-11)23-15(16,17)18/h3-6H,7-8H2,1-2H3,(H3,19,20,21). The van der Waals surface area contributed by atoms with Crippen LogP contribution < -0.4 is 15.8 Å². The summed E-state index contributed by atoms with van der Waals surface area (Å²) < 4.78 is 40.0. The Labute approximate surface area is 141 Å². The fourth-order valence-corrected chi connectivity index (χ4v) is 2.81. The van der Waals surface area contributed by atoms with E-state index in [9.17, 15) is 13.2 Å². The second-order valence-corrected chi connectivity index (χ2v) is 6.28. The molecule has 0 bridgehead atoms. The molecule has 1 aromatic carbocycles. The number of hydrogen-bond acceptors (Lipinski definition) is 4. The van der Waals surface area contributed by atoms with Crippen molar-refractivity contribution in [1.82, 2.24) is 10.3 Å². The lowest BCUT2D eigenvalue weighted by Crippen LogP contribution is -2.31. The zero-order valence-electron chi connectivity index (χ0n) is 13.1. The van der Waals surface area contributed by atoms with Crippen molar-refractivity contribution in [2.75, 3.05) is 0 Å². The quantitative estimate of drug-likeness (QED) is 0.636. The summed E-state index contributed by atoms with van der Waals surface area (Å²) in [6.07, 6.45) is -4.69. The van der Waals surface area contributed by atoms with Crippen molar-refractivity contribution < 1.29 is 17.9 Å². The molecule has 0 radical (unpaired) electrons. The molecule has 130 valence electrons. The Balaban J connectivity index is 1.86. The van der Waals surface area contributed by atoms with Crippen LogP contribution in [0.5, 0.6) is 5.75 Å². The first-order valence-electron chi connectivity index (χ1n) is 7.04. The summed E-state index contributed by atoms with van der Waals surface area (Å²) >= 11 is 1.59. The second kappa shape index (κ2) is 7.52. The van der Waals surface area contributed by atoms with Gasteiger partial charge in [0.1, 0.15) is 5.75 Å². The average Bonchev–Trinajstić information content (AvgIpc) is 2.81. The second-order valence-electron chi connectivity index (χ2n) is 4.99. The van der Waals surface area contributed by atoms with Crippen LogP contribution in [0.25, 0.3) is 0 Å². The van der Waals surface area contributed by atoms with Crippen molar-refractivity contribution in [3.63, 3.8) is 0 Å². The largest absolute Gasteiger partial charge is 0.573 e. The fourth-order valence-electron chi connectivity index (χ4n) is 1.94. The van der Waals surface area contributed by atoms with Crippen molar-refractivity contribution in [3.8, 4) is 5.75 Å². The molecule has 0 saturated carbocycles. The molecule has 0 aliphatic heterocycles. The van der Waals surface area contributed by atoms with Gasteiger partial charge in [-0.15, -0.1) is 24.5 Å².